The first-order chi connectivity index (χ1) is 7.98. The topological polar surface area (TPSA) is 25.8 Å². The van der Waals surface area contributed by atoms with E-state index in [4.69, 9.17) is 0 Å². The van der Waals surface area contributed by atoms with Crippen molar-refractivity contribution in [3.8, 4) is 0 Å². The number of hydrogen-bond acceptors (Lipinski definition) is 4. The lowest BCUT2D eigenvalue weighted by Gasteiger charge is -2.12. The van der Waals surface area contributed by atoms with E-state index in [0.717, 1.165) is 0 Å². The normalized spacial score (nSPS) is 12.9. The smallest absolute Gasteiger partial charge is 0.214 e. The molecule has 0 atom stereocenters. The van der Waals surface area contributed by atoms with Crippen LogP contribution >= 0.6 is 55.4 Å². The third-order valence-corrected chi connectivity index (χ3v) is 4.06. The molecule has 18 heavy (non-hydrogen) atoms. The molecule has 0 unspecified atom stereocenters. The first-order valence-electron chi connectivity index (χ1n) is 3.72. The molecule has 0 saturated heterocycles. The number of hydrogen-bond donors (Lipinski definition) is 0. The summed E-state index contributed by atoms with van der Waals surface area (Å²) in [5, 5.41) is -0.821. The van der Waals surface area contributed by atoms with Gasteiger partial charge in [0.05, 0.1) is 4.90 Å². The number of thioether (sulfide) groups is 2. The monoisotopic (exact) mass is 436 g/mol. The lowest BCUT2D eigenvalue weighted by Crippen LogP contribution is -2.06. The molecule has 0 aromatic carbocycles. The summed E-state index contributed by atoms with van der Waals surface area (Å²) in [5.41, 5.74) is -9.48. The molecular weight excluding hydrogens is 438 g/mol. The van der Waals surface area contributed by atoms with Crippen molar-refractivity contribution in [1.29, 1.82) is 0 Å². The van der Waals surface area contributed by atoms with E-state index >= 15 is 0 Å². The molecule has 0 aliphatic carbocycles. The first kappa shape index (κ1) is 16.4. The van der Waals surface area contributed by atoms with E-state index in [2.05, 4.69) is 41.8 Å². The minimum Gasteiger partial charge on any atom is -0.214 e. The molecular formula is C6Br2F6N2S2. The Labute approximate surface area is 122 Å². The Morgan fingerprint density at radius 2 is 1.33 bits per heavy atom. The molecule has 1 aromatic rings. The Morgan fingerprint density at radius 1 is 0.833 bits per heavy atom. The Morgan fingerprint density at radius 3 is 1.78 bits per heavy atom. The summed E-state index contributed by atoms with van der Waals surface area (Å²) in [6.45, 7) is 0. The van der Waals surface area contributed by atoms with Crippen molar-refractivity contribution in [1.82, 2.24) is 9.97 Å². The molecule has 0 bridgehead atoms. The average Bonchev–Trinajstić information content (AvgIpc) is 2.06. The van der Waals surface area contributed by atoms with Crippen LogP contribution in [0.4, 0.5) is 26.3 Å². The average molecular weight is 438 g/mol. The van der Waals surface area contributed by atoms with Crippen LogP contribution in [0.3, 0.4) is 0 Å². The summed E-state index contributed by atoms with van der Waals surface area (Å²) in [6.07, 6.45) is 0. The summed E-state index contributed by atoms with van der Waals surface area (Å²) >= 11 is 3.94. The highest BCUT2D eigenvalue weighted by atomic mass is 79.9. The zero-order chi connectivity index (χ0) is 14.1. The zero-order valence-corrected chi connectivity index (χ0v) is 12.5. The number of halogens is 8. The van der Waals surface area contributed by atoms with Crippen molar-refractivity contribution >= 4 is 55.4 Å². The van der Waals surface area contributed by atoms with E-state index < -0.39 is 44.5 Å². The molecule has 2 nitrogen and oxygen atoms in total. The molecule has 0 amide bonds. The molecule has 0 saturated carbocycles. The number of rotatable bonds is 2. The predicted octanol–water partition coefficient (Wildman–Crippen LogP) is 5.23. The van der Waals surface area contributed by atoms with Gasteiger partial charge in [-0.05, 0) is 43.6 Å². The van der Waals surface area contributed by atoms with Crippen LogP contribution in [0.2, 0.25) is 0 Å². The molecule has 1 aromatic heterocycles. The molecule has 0 aliphatic rings. The van der Waals surface area contributed by atoms with Gasteiger partial charge in [-0.15, -0.1) is 0 Å². The van der Waals surface area contributed by atoms with E-state index in [1.165, 1.54) is 0 Å². The largest absolute Gasteiger partial charge is 0.447 e. The van der Waals surface area contributed by atoms with E-state index in [1.807, 2.05) is 0 Å². The van der Waals surface area contributed by atoms with Crippen LogP contribution in [0.5, 0.6) is 0 Å². The molecule has 0 radical (unpaired) electrons. The van der Waals surface area contributed by atoms with E-state index in [9.17, 15) is 26.3 Å². The highest BCUT2D eigenvalue weighted by Crippen LogP contribution is 2.47. The zero-order valence-electron chi connectivity index (χ0n) is 7.73. The van der Waals surface area contributed by atoms with Crippen molar-refractivity contribution in [2.45, 2.75) is 20.9 Å². The van der Waals surface area contributed by atoms with Gasteiger partial charge in [0.2, 0.25) is 0 Å². The van der Waals surface area contributed by atoms with Crippen molar-refractivity contribution in [3.63, 3.8) is 0 Å². The van der Waals surface area contributed by atoms with Crippen LogP contribution in [-0.2, 0) is 0 Å². The van der Waals surface area contributed by atoms with Crippen molar-refractivity contribution in [2.75, 3.05) is 0 Å². The molecule has 0 spiro atoms. The van der Waals surface area contributed by atoms with Gasteiger partial charge in [0.25, 0.3) is 0 Å². The summed E-state index contributed by atoms with van der Waals surface area (Å²) in [6, 6.07) is 0. The van der Waals surface area contributed by atoms with Gasteiger partial charge in [0.15, 0.2) is 4.73 Å². The Hall–Kier alpha value is 0.320. The minimum atomic E-state index is -4.74. The van der Waals surface area contributed by atoms with Crippen molar-refractivity contribution in [3.05, 3.63) is 9.34 Å². The Bertz CT molecular complexity index is 449. The fraction of sp³-hybridized carbons (Fsp3) is 0.333. The van der Waals surface area contributed by atoms with E-state index in [1.54, 1.807) is 0 Å². The number of aromatic nitrogens is 2. The first-order valence-corrected chi connectivity index (χ1v) is 6.94. The molecule has 1 heterocycles. The molecule has 102 valence electrons. The van der Waals surface area contributed by atoms with Crippen LogP contribution < -0.4 is 0 Å². The van der Waals surface area contributed by atoms with Gasteiger partial charge < -0.3 is 0 Å². The Balaban J connectivity index is 3.21. The number of nitrogens with zero attached hydrogens (tertiary/aromatic N) is 2. The van der Waals surface area contributed by atoms with Crippen LogP contribution in [-0.4, -0.2) is 21.0 Å². The van der Waals surface area contributed by atoms with Gasteiger partial charge in [-0.3, -0.25) is 0 Å². The predicted molar refractivity (Wildman–Crippen MR) is 61.3 cm³/mol. The second kappa shape index (κ2) is 5.75. The van der Waals surface area contributed by atoms with Crippen molar-refractivity contribution < 1.29 is 26.3 Å². The summed E-state index contributed by atoms with van der Waals surface area (Å²) < 4.78 is 72.6. The fourth-order valence-corrected chi connectivity index (χ4v) is 3.48. The van der Waals surface area contributed by atoms with Gasteiger partial charge in [-0.1, -0.05) is 0 Å². The maximum atomic E-state index is 12.2. The van der Waals surface area contributed by atoms with Crippen LogP contribution in [0.15, 0.2) is 19.3 Å². The maximum Gasteiger partial charge on any atom is 0.447 e. The third kappa shape index (κ3) is 5.53. The third-order valence-electron chi connectivity index (χ3n) is 1.20. The fourth-order valence-electron chi connectivity index (χ4n) is 0.760. The summed E-state index contributed by atoms with van der Waals surface area (Å²) in [7, 11) is 0. The molecule has 0 aliphatic heterocycles. The van der Waals surface area contributed by atoms with E-state index in [0.29, 0.717) is 0 Å². The lowest BCUT2D eigenvalue weighted by atomic mass is 10.7. The van der Waals surface area contributed by atoms with Crippen LogP contribution in [0, 0.1) is 0 Å². The van der Waals surface area contributed by atoms with Crippen molar-refractivity contribution in [2.24, 2.45) is 0 Å². The quantitative estimate of drug-likeness (QED) is 0.274. The van der Waals surface area contributed by atoms with Crippen LogP contribution in [0.1, 0.15) is 0 Å². The minimum absolute atomic E-state index is 0.243. The summed E-state index contributed by atoms with van der Waals surface area (Å²) in [5.74, 6) is 0. The second-order valence-corrected chi connectivity index (χ2v) is 6.10. The lowest BCUT2D eigenvalue weighted by molar-refractivity contribution is -0.0348. The molecule has 12 heteroatoms. The standard InChI is InChI=1S/C6Br2F6N2S2/c7-2-1(17-5(9,10)11)3(16-4(8)15-2)18-6(12,13)14. The van der Waals surface area contributed by atoms with Gasteiger partial charge in [0, 0.05) is 11.8 Å². The van der Waals surface area contributed by atoms with Gasteiger partial charge >= 0.3 is 11.0 Å². The number of alkyl halides is 6. The Kier molecular flexibility index (Phi) is 5.23. The van der Waals surface area contributed by atoms with E-state index in [-0.39, 0.29) is 9.34 Å². The van der Waals surface area contributed by atoms with Gasteiger partial charge in [-0.2, -0.15) is 26.3 Å². The SMILES string of the molecule is FC(F)(F)Sc1nc(Br)nc(Br)c1SC(F)(F)F. The second-order valence-electron chi connectivity index (χ2n) is 2.51. The molecule has 0 fully saturated rings. The van der Waals surface area contributed by atoms with Gasteiger partial charge in [-0.25, -0.2) is 9.97 Å². The van der Waals surface area contributed by atoms with Gasteiger partial charge in [0.1, 0.15) is 9.63 Å². The van der Waals surface area contributed by atoms with Crippen LogP contribution in [0.25, 0.3) is 0 Å². The highest BCUT2D eigenvalue weighted by molar-refractivity contribution is 9.11. The highest BCUT2D eigenvalue weighted by Gasteiger charge is 2.37. The summed E-state index contributed by atoms with van der Waals surface area (Å²) in [4.78, 5) is 6.04. The maximum absolute atomic E-state index is 12.2. The molecule has 0 N–H and O–H groups in total. The molecule has 1 rings (SSSR count).